The fourth-order valence-electron chi connectivity index (χ4n) is 1.75. The summed E-state index contributed by atoms with van der Waals surface area (Å²) in [6.45, 7) is 4.52. The molecule has 2 aromatic rings. The van der Waals surface area contributed by atoms with E-state index in [2.05, 4.69) is 4.98 Å². The predicted octanol–water partition coefficient (Wildman–Crippen LogP) is 3.23. The van der Waals surface area contributed by atoms with Gasteiger partial charge in [0.25, 0.3) is 0 Å². The van der Waals surface area contributed by atoms with E-state index in [0.29, 0.717) is 11.6 Å². The molecule has 0 unspecified atom stereocenters. The van der Waals surface area contributed by atoms with Crippen molar-refractivity contribution in [1.82, 2.24) is 4.98 Å². The molecule has 100 valence electrons. The van der Waals surface area contributed by atoms with E-state index in [1.807, 2.05) is 38.1 Å². The van der Waals surface area contributed by atoms with Crippen LogP contribution >= 0.6 is 23.6 Å². The van der Waals surface area contributed by atoms with Crippen molar-refractivity contribution in [2.75, 3.05) is 0 Å². The standard InChI is InChI=1S/C14H16N2OS2/c1-3-10-13(14(15)18)19-12(16-10)8-17-11-7-5-4-6-9(11)2/h4-7H,3,8H2,1-2H3,(H2,15,18). The van der Waals surface area contributed by atoms with E-state index in [1.54, 1.807) is 0 Å². The summed E-state index contributed by atoms with van der Waals surface area (Å²) in [7, 11) is 0. The van der Waals surface area contributed by atoms with Gasteiger partial charge in [-0.3, -0.25) is 0 Å². The highest BCUT2D eigenvalue weighted by Gasteiger charge is 2.12. The first-order chi connectivity index (χ1) is 9.11. The second-order valence-electron chi connectivity index (χ2n) is 4.16. The van der Waals surface area contributed by atoms with Gasteiger partial charge in [0.1, 0.15) is 22.4 Å². The molecule has 0 aliphatic heterocycles. The average Bonchev–Trinajstić information content (AvgIpc) is 2.81. The van der Waals surface area contributed by atoms with Crippen LogP contribution in [0.4, 0.5) is 0 Å². The van der Waals surface area contributed by atoms with E-state index >= 15 is 0 Å². The maximum Gasteiger partial charge on any atom is 0.140 e. The Labute approximate surface area is 122 Å². The van der Waals surface area contributed by atoms with Gasteiger partial charge >= 0.3 is 0 Å². The molecule has 0 aliphatic rings. The minimum atomic E-state index is 0.413. The Morgan fingerprint density at radius 3 is 2.74 bits per heavy atom. The van der Waals surface area contributed by atoms with E-state index in [9.17, 15) is 0 Å². The molecule has 19 heavy (non-hydrogen) atoms. The zero-order valence-electron chi connectivity index (χ0n) is 11.0. The maximum absolute atomic E-state index is 5.78. The molecule has 0 aliphatic carbocycles. The second-order valence-corrected chi connectivity index (χ2v) is 5.68. The van der Waals surface area contributed by atoms with Gasteiger partial charge in [0.15, 0.2) is 0 Å². The fourth-order valence-corrected chi connectivity index (χ4v) is 2.91. The van der Waals surface area contributed by atoms with Crippen molar-refractivity contribution < 1.29 is 4.74 Å². The van der Waals surface area contributed by atoms with E-state index < -0.39 is 0 Å². The van der Waals surface area contributed by atoms with Gasteiger partial charge in [-0.1, -0.05) is 37.3 Å². The first-order valence-corrected chi connectivity index (χ1v) is 7.31. The van der Waals surface area contributed by atoms with Crippen molar-refractivity contribution in [3.05, 3.63) is 45.4 Å². The number of nitrogens with two attached hydrogens (primary N) is 1. The smallest absolute Gasteiger partial charge is 0.140 e. The summed E-state index contributed by atoms with van der Waals surface area (Å²) in [6.07, 6.45) is 0.827. The van der Waals surface area contributed by atoms with Gasteiger partial charge in [0.2, 0.25) is 0 Å². The van der Waals surface area contributed by atoms with Crippen molar-refractivity contribution in [1.29, 1.82) is 0 Å². The van der Waals surface area contributed by atoms with Crippen molar-refractivity contribution >= 4 is 28.5 Å². The minimum Gasteiger partial charge on any atom is -0.486 e. The summed E-state index contributed by atoms with van der Waals surface area (Å²) in [5.74, 6) is 0.882. The van der Waals surface area contributed by atoms with Crippen LogP contribution in [0.2, 0.25) is 0 Å². The van der Waals surface area contributed by atoms with Crippen molar-refractivity contribution in [3.8, 4) is 5.75 Å². The summed E-state index contributed by atoms with van der Waals surface area (Å²) in [5.41, 5.74) is 7.77. The molecular formula is C14H16N2OS2. The zero-order chi connectivity index (χ0) is 13.8. The third-order valence-corrected chi connectivity index (χ3v) is 4.18. The van der Waals surface area contributed by atoms with Gasteiger partial charge < -0.3 is 10.5 Å². The molecule has 1 heterocycles. The van der Waals surface area contributed by atoms with Gasteiger partial charge in [-0.25, -0.2) is 4.98 Å². The lowest BCUT2D eigenvalue weighted by Gasteiger charge is -2.06. The van der Waals surface area contributed by atoms with Crippen LogP contribution in [-0.4, -0.2) is 9.97 Å². The van der Waals surface area contributed by atoms with Gasteiger partial charge in [0.05, 0.1) is 10.6 Å². The van der Waals surface area contributed by atoms with Crippen LogP contribution in [0.3, 0.4) is 0 Å². The second kappa shape index (κ2) is 6.12. The highest BCUT2D eigenvalue weighted by molar-refractivity contribution is 7.81. The highest BCUT2D eigenvalue weighted by Crippen LogP contribution is 2.22. The minimum absolute atomic E-state index is 0.413. The number of nitrogens with zero attached hydrogens (tertiary/aromatic N) is 1. The largest absolute Gasteiger partial charge is 0.486 e. The number of para-hydroxylation sites is 1. The quantitative estimate of drug-likeness (QED) is 0.860. The lowest BCUT2D eigenvalue weighted by molar-refractivity contribution is 0.303. The third-order valence-electron chi connectivity index (χ3n) is 2.75. The Hall–Kier alpha value is -1.46. The number of rotatable bonds is 5. The number of hydrogen-bond donors (Lipinski definition) is 1. The number of thiocarbonyl (C=S) groups is 1. The molecule has 5 heteroatoms. The molecule has 1 aromatic carbocycles. The number of aromatic nitrogens is 1. The van der Waals surface area contributed by atoms with Crippen LogP contribution in [0.1, 0.15) is 28.1 Å². The fraction of sp³-hybridized carbons (Fsp3) is 0.286. The van der Waals surface area contributed by atoms with Crippen LogP contribution < -0.4 is 10.5 Å². The van der Waals surface area contributed by atoms with E-state index in [1.165, 1.54) is 11.3 Å². The van der Waals surface area contributed by atoms with Gasteiger partial charge in [0, 0.05) is 0 Å². The number of hydrogen-bond acceptors (Lipinski definition) is 4. The van der Waals surface area contributed by atoms with Crippen LogP contribution in [0, 0.1) is 6.92 Å². The molecule has 0 fully saturated rings. The van der Waals surface area contributed by atoms with Gasteiger partial charge in [-0.15, -0.1) is 11.3 Å². The molecule has 1 aromatic heterocycles. The van der Waals surface area contributed by atoms with Crippen molar-refractivity contribution in [2.45, 2.75) is 26.9 Å². The average molecular weight is 292 g/mol. The monoisotopic (exact) mass is 292 g/mol. The Balaban J connectivity index is 2.12. The number of thiazole rings is 1. The number of aryl methyl sites for hydroxylation is 2. The molecule has 2 N–H and O–H groups in total. The summed E-state index contributed by atoms with van der Waals surface area (Å²) in [6, 6.07) is 7.93. The van der Waals surface area contributed by atoms with Crippen molar-refractivity contribution in [3.63, 3.8) is 0 Å². The predicted molar refractivity (Wildman–Crippen MR) is 82.9 cm³/mol. The Kier molecular flexibility index (Phi) is 4.50. The normalized spacial score (nSPS) is 10.4. The van der Waals surface area contributed by atoms with E-state index in [4.69, 9.17) is 22.7 Å². The molecule has 2 rings (SSSR count). The molecule has 0 radical (unpaired) electrons. The lowest BCUT2D eigenvalue weighted by atomic mass is 10.2. The summed E-state index contributed by atoms with van der Waals surface area (Å²) in [5, 5.41) is 0.905. The Morgan fingerprint density at radius 2 is 2.16 bits per heavy atom. The highest BCUT2D eigenvalue weighted by atomic mass is 32.1. The van der Waals surface area contributed by atoms with Crippen molar-refractivity contribution in [2.24, 2.45) is 5.73 Å². The zero-order valence-corrected chi connectivity index (χ0v) is 12.6. The molecule has 0 spiro atoms. The number of ether oxygens (including phenoxy) is 1. The lowest BCUT2D eigenvalue weighted by Crippen LogP contribution is -2.09. The summed E-state index contributed by atoms with van der Waals surface area (Å²) in [4.78, 5) is 5.84. The van der Waals surface area contributed by atoms with Crippen LogP contribution in [-0.2, 0) is 13.0 Å². The Morgan fingerprint density at radius 1 is 1.42 bits per heavy atom. The summed E-state index contributed by atoms with van der Waals surface area (Å²) < 4.78 is 5.78. The van der Waals surface area contributed by atoms with Crippen LogP contribution in [0.25, 0.3) is 0 Å². The molecule has 0 saturated carbocycles. The Bertz CT molecular complexity index is 593. The van der Waals surface area contributed by atoms with Gasteiger partial charge in [-0.2, -0.15) is 0 Å². The van der Waals surface area contributed by atoms with Gasteiger partial charge in [-0.05, 0) is 25.0 Å². The molecule has 0 saturated heterocycles. The summed E-state index contributed by atoms with van der Waals surface area (Å²) >= 11 is 6.55. The number of benzene rings is 1. The molecule has 0 amide bonds. The molecule has 0 bridgehead atoms. The topological polar surface area (TPSA) is 48.1 Å². The molecular weight excluding hydrogens is 276 g/mol. The molecule has 3 nitrogen and oxygen atoms in total. The van der Waals surface area contributed by atoms with Crippen LogP contribution in [0.15, 0.2) is 24.3 Å². The first-order valence-electron chi connectivity index (χ1n) is 6.08. The SMILES string of the molecule is CCc1nc(COc2ccccc2C)sc1C(N)=S. The maximum atomic E-state index is 5.78. The van der Waals surface area contributed by atoms with Crippen LogP contribution in [0.5, 0.6) is 5.75 Å². The van der Waals surface area contributed by atoms with E-state index in [-0.39, 0.29) is 0 Å². The molecule has 0 atom stereocenters. The first kappa shape index (κ1) is 14.0. The third kappa shape index (κ3) is 3.30. The van der Waals surface area contributed by atoms with E-state index in [0.717, 1.165) is 33.3 Å².